The van der Waals surface area contributed by atoms with Crippen molar-refractivity contribution in [2.45, 2.75) is 94.3 Å². The lowest BCUT2D eigenvalue weighted by atomic mass is 9.67. The van der Waals surface area contributed by atoms with Gasteiger partial charge in [0.15, 0.2) is 5.13 Å². The number of ether oxygens (including phenoxy) is 1. The van der Waals surface area contributed by atoms with Gasteiger partial charge in [-0.25, -0.2) is 4.98 Å². The van der Waals surface area contributed by atoms with E-state index < -0.39 is 5.97 Å². The number of amides is 1. The van der Waals surface area contributed by atoms with Gasteiger partial charge in [-0.15, -0.1) is 11.8 Å². The number of aliphatic carboxylic acids is 1. The van der Waals surface area contributed by atoms with Gasteiger partial charge in [0.2, 0.25) is 5.91 Å². The summed E-state index contributed by atoms with van der Waals surface area (Å²) in [5.41, 5.74) is 1.08. The molecule has 0 saturated heterocycles. The Balaban J connectivity index is 1.48. The molecule has 1 atom stereocenters. The van der Waals surface area contributed by atoms with Crippen LogP contribution in [-0.4, -0.2) is 40.4 Å². The highest BCUT2D eigenvalue weighted by atomic mass is 32.2. The van der Waals surface area contributed by atoms with E-state index in [0.29, 0.717) is 41.9 Å². The second-order valence-corrected chi connectivity index (χ2v) is 12.4. The summed E-state index contributed by atoms with van der Waals surface area (Å²) in [7, 11) is 0. The van der Waals surface area contributed by atoms with Crippen molar-refractivity contribution in [1.82, 2.24) is 4.98 Å². The van der Waals surface area contributed by atoms with E-state index in [9.17, 15) is 9.59 Å². The van der Waals surface area contributed by atoms with Crippen LogP contribution < -0.4 is 5.32 Å². The molecule has 2 fully saturated rings. The summed E-state index contributed by atoms with van der Waals surface area (Å²) < 4.78 is 6.95. The van der Waals surface area contributed by atoms with Crippen LogP contribution in [0.3, 0.4) is 0 Å². The van der Waals surface area contributed by atoms with Crippen LogP contribution in [-0.2, 0) is 14.3 Å². The van der Waals surface area contributed by atoms with E-state index in [1.165, 1.54) is 68.0 Å². The van der Waals surface area contributed by atoms with E-state index in [0.717, 1.165) is 35.0 Å². The number of thiazole rings is 1. The molecule has 0 radical (unpaired) electrons. The van der Waals surface area contributed by atoms with Gasteiger partial charge >= 0.3 is 5.97 Å². The summed E-state index contributed by atoms with van der Waals surface area (Å²) in [5, 5.41) is 12.3. The number of carboxylic acid groups (broad SMARTS) is 1. The Kier molecular flexibility index (Phi) is 11.4. The number of nitrogens with one attached hydrogen (secondary N) is 1. The van der Waals surface area contributed by atoms with E-state index in [4.69, 9.17) is 9.84 Å². The SMILES string of the molecule is C=C(C)COC1CCC(C(CCC(=O)Nc2ncc(SCCC(=O)O)s2)C2CCCCC2)CC1. The fraction of sp³-hybridized carbons (Fsp3) is 0.731. The number of aromatic nitrogens is 1. The molecule has 1 aromatic rings. The van der Waals surface area contributed by atoms with Gasteiger partial charge < -0.3 is 15.2 Å². The Labute approximate surface area is 212 Å². The number of carbonyl (C=O) groups is 2. The Morgan fingerprint density at radius 3 is 2.56 bits per heavy atom. The molecule has 8 heteroatoms. The van der Waals surface area contributed by atoms with Crippen molar-refractivity contribution < 1.29 is 19.4 Å². The van der Waals surface area contributed by atoms with Crippen molar-refractivity contribution in [2.24, 2.45) is 17.8 Å². The molecular weight excluding hydrogens is 468 g/mol. The first-order valence-corrected chi connectivity index (χ1v) is 14.6. The number of carboxylic acids is 1. The van der Waals surface area contributed by atoms with Gasteiger partial charge in [-0.3, -0.25) is 9.59 Å². The Bertz CT molecular complexity index is 798. The summed E-state index contributed by atoms with van der Waals surface area (Å²) in [6.07, 6.45) is 14.9. The largest absolute Gasteiger partial charge is 0.481 e. The molecule has 2 aliphatic rings. The first-order valence-electron chi connectivity index (χ1n) is 12.8. The molecule has 3 rings (SSSR count). The molecule has 1 aromatic heterocycles. The molecule has 34 heavy (non-hydrogen) atoms. The Morgan fingerprint density at radius 2 is 1.88 bits per heavy atom. The normalized spacial score (nSPS) is 22.3. The van der Waals surface area contributed by atoms with Crippen LogP contribution in [0.5, 0.6) is 0 Å². The zero-order valence-electron chi connectivity index (χ0n) is 20.4. The van der Waals surface area contributed by atoms with Gasteiger partial charge in [-0.1, -0.05) is 55.6 Å². The van der Waals surface area contributed by atoms with Crippen LogP contribution in [0.25, 0.3) is 0 Å². The zero-order valence-corrected chi connectivity index (χ0v) is 22.1. The third-order valence-corrected chi connectivity index (χ3v) is 9.25. The highest BCUT2D eigenvalue weighted by molar-refractivity contribution is 8.01. The fourth-order valence-corrected chi connectivity index (χ4v) is 7.36. The Morgan fingerprint density at radius 1 is 1.18 bits per heavy atom. The average Bonchev–Trinajstić information content (AvgIpc) is 3.26. The lowest BCUT2D eigenvalue weighted by molar-refractivity contribution is -0.136. The minimum atomic E-state index is -0.800. The van der Waals surface area contributed by atoms with E-state index in [1.54, 1.807) is 6.20 Å². The summed E-state index contributed by atoms with van der Waals surface area (Å²) in [4.78, 5) is 27.7. The van der Waals surface area contributed by atoms with Gasteiger partial charge in [-0.2, -0.15) is 0 Å². The molecule has 0 spiro atoms. The van der Waals surface area contributed by atoms with Crippen molar-refractivity contribution >= 4 is 40.1 Å². The number of hydrogen-bond donors (Lipinski definition) is 2. The molecule has 1 heterocycles. The minimum Gasteiger partial charge on any atom is -0.481 e. The van der Waals surface area contributed by atoms with Crippen LogP contribution in [0.1, 0.15) is 84.0 Å². The lowest BCUT2D eigenvalue weighted by Gasteiger charge is -2.39. The van der Waals surface area contributed by atoms with Crippen molar-refractivity contribution in [3.05, 3.63) is 18.3 Å². The highest BCUT2D eigenvalue weighted by Crippen LogP contribution is 2.42. The predicted octanol–water partition coefficient (Wildman–Crippen LogP) is 6.78. The number of hydrogen-bond acceptors (Lipinski definition) is 6. The third-order valence-electron chi connectivity index (χ3n) is 7.14. The van der Waals surface area contributed by atoms with Crippen LogP contribution in [0, 0.1) is 17.8 Å². The number of nitrogens with zero attached hydrogens (tertiary/aromatic N) is 1. The van der Waals surface area contributed by atoms with Crippen molar-refractivity contribution in [2.75, 3.05) is 17.7 Å². The molecule has 0 aliphatic heterocycles. The first kappa shape index (κ1) is 27.2. The third kappa shape index (κ3) is 9.34. The average molecular weight is 509 g/mol. The maximum absolute atomic E-state index is 12.7. The summed E-state index contributed by atoms with van der Waals surface area (Å²) in [6, 6.07) is 0. The van der Waals surface area contributed by atoms with Crippen LogP contribution in [0.4, 0.5) is 5.13 Å². The molecule has 0 aromatic carbocycles. The van der Waals surface area contributed by atoms with Gasteiger partial charge in [-0.05, 0) is 56.8 Å². The minimum absolute atomic E-state index is 0.0377. The molecular formula is C26H40N2O4S2. The lowest BCUT2D eigenvalue weighted by Crippen LogP contribution is -2.32. The first-order chi connectivity index (χ1) is 16.4. The predicted molar refractivity (Wildman–Crippen MR) is 140 cm³/mol. The van der Waals surface area contributed by atoms with Gasteiger partial charge in [0.05, 0.1) is 29.5 Å². The van der Waals surface area contributed by atoms with E-state index in [2.05, 4.69) is 16.9 Å². The second kappa shape index (κ2) is 14.2. The number of thioether (sulfide) groups is 1. The van der Waals surface area contributed by atoms with Crippen LogP contribution in [0.15, 0.2) is 22.6 Å². The molecule has 2 N–H and O–H groups in total. The molecule has 6 nitrogen and oxygen atoms in total. The molecule has 1 amide bonds. The molecule has 190 valence electrons. The maximum atomic E-state index is 12.7. The standard InChI is InChI=1S/C26H40N2O4S2/c1-18(2)17-32-21-10-8-20(9-11-21)22(19-6-4-3-5-7-19)12-13-23(29)28-26-27-16-25(34-26)33-15-14-24(30)31/h16,19-22H,1,3-15,17H2,2H3,(H,30,31)(H,27,28,29). The quantitative estimate of drug-likeness (QED) is 0.226. The fourth-order valence-electron chi connectivity index (χ4n) is 5.46. The van der Waals surface area contributed by atoms with Crippen molar-refractivity contribution in [3.63, 3.8) is 0 Å². The number of carbonyl (C=O) groups excluding carboxylic acids is 1. The highest BCUT2D eigenvalue weighted by Gasteiger charge is 2.33. The number of rotatable bonds is 13. The second-order valence-electron chi connectivity index (χ2n) is 9.93. The smallest absolute Gasteiger partial charge is 0.304 e. The van der Waals surface area contributed by atoms with Gasteiger partial charge in [0.1, 0.15) is 0 Å². The maximum Gasteiger partial charge on any atom is 0.304 e. The number of anilines is 1. The van der Waals surface area contributed by atoms with E-state index in [-0.39, 0.29) is 12.3 Å². The van der Waals surface area contributed by atoms with Crippen molar-refractivity contribution in [1.29, 1.82) is 0 Å². The van der Waals surface area contributed by atoms with Gasteiger partial charge in [0, 0.05) is 12.2 Å². The summed E-state index contributed by atoms with van der Waals surface area (Å²) in [5.74, 6) is 1.80. The van der Waals surface area contributed by atoms with Crippen LogP contribution >= 0.6 is 23.1 Å². The molecule has 2 saturated carbocycles. The summed E-state index contributed by atoms with van der Waals surface area (Å²) >= 11 is 2.88. The topological polar surface area (TPSA) is 88.5 Å². The van der Waals surface area contributed by atoms with E-state index in [1.807, 2.05) is 6.92 Å². The molecule has 0 bridgehead atoms. The Hall–Kier alpha value is -1.38. The van der Waals surface area contributed by atoms with Crippen molar-refractivity contribution in [3.8, 4) is 0 Å². The van der Waals surface area contributed by atoms with Gasteiger partial charge in [0.25, 0.3) is 0 Å². The zero-order chi connectivity index (χ0) is 24.3. The van der Waals surface area contributed by atoms with E-state index >= 15 is 0 Å². The molecule has 1 unspecified atom stereocenters. The molecule has 2 aliphatic carbocycles. The summed E-state index contributed by atoms with van der Waals surface area (Å²) in [6.45, 7) is 6.63. The monoisotopic (exact) mass is 508 g/mol. The van der Waals surface area contributed by atoms with Crippen LogP contribution in [0.2, 0.25) is 0 Å².